The van der Waals surface area contributed by atoms with Crippen LogP contribution in [0.3, 0.4) is 0 Å². The van der Waals surface area contributed by atoms with Crippen molar-refractivity contribution < 1.29 is 9.53 Å². The second kappa shape index (κ2) is 7.50. The minimum absolute atomic E-state index is 0.180. The molecule has 2 aromatic carbocycles. The topological polar surface area (TPSA) is 64.3 Å². The van der Waals surface area contributed by atoms with Gasteiger partial charge in [0, 0.05) is 16.9 Å². The quantitative estimate of drug-likeness (QED) is 0.794. The van der Waals surface area contributed by atoms with Gasteiger partial charge >= 0.3 is 0 Å². The number of anilines is 2. The van der Waals surface area contributed by atoms with Gasteiger partial charge in [-0.15, -0.1) is 0 Å². The molecule has 4 heteroatoms. The van der Waals surface area contributed by atoms with Crippen molar-refractivity contribution in [1.29, 1.82) is 0 Å². The second-order valence-corrected chi connectivity index (χ2v) is 5.63. The molecule has 3 N–H and O–H groups in total. The van der Waals surface area contributed by atoms with E-state index < -0.39 is 0 Å². The van der Waals surface area contributed by atoms with Crippen LogP contribution in [0.15, 0.2) is 48.5 Å². The molecule has 0 fully saturated rings. The van der Waals surface area contributed by atoms with E-state index in [1.165, 1.54) is 0 Å². The number of nitrogen functional groups attached to an aromatic ring is 1. The summed E-state index contributed by atoms with van der Waals surface area (Å²) < 4.78 is 5.65. The zero-order chi connectivity index (χ0) is 15.9. The lowest BCUT2D eigenvalue weighted by atomic mass is 10.1. The molecule has 0 saturated carbocycles. The molecular weight excluding hydrogens is 276 g/mol. The van der Waals surface area contributed by atoms with E-state index in [0.29, 0.717) is 23.8 Å². The van der Waals surface area contributed by atoms with Gasteiger partial charge in [-0.3, -0.25) is 4.79 Å². The number of nitrogens with two attached hydrogens (primary N) is 1. The lowest BCUT2D eigenvalue weighted by Gasteiger charge is -2.09. The maximum atomic E-state index is 12.1. The van der Waals surface area contributed by atoms with Crippen LogP contribution in [0, 0.1) is 5.92 Å². The molecule has 0 saturated heterocycles. The summed E-state index contributed by atoms with van der Waals surface area (Å²) in [7, 11) is 0. The number of ether oxygens (including phenoxy) is 1. The molecule has 2 aromatic rings. The third-order valence-electron chi connectivity index (χ3n) is 3.22. The molecule has 2 rings (SSSR count). The van der Waals surface area contributed by atoms with Crippen LogP contribution >= 0.6 is 0 Å². The first-order valence-electron chi connectivity index (χ1n) is 7.44. The Balaban J connectivity index is 1.92. The van der Waals surface area contributed by atoms with E-state index in [4.69, 9.17) is 10.5 Å². The van der Waals surface area contributed by atoms with Crippen molar-refractivity contribution in [3.63, 3.8) is 0 Å². The highest BCUT2D eigenvalue weighted by atomic mass is 16.5. The predicted octanol–water partition coefficient (Wildman–Crippen LogP) is 3.95. The summed E-state index contributed by atoms with van der Waals surface area (Å²) in [5.74, 6) is 1.25. The molecular formula is C18H22N2O2. The van der Waals surface area contributed by atoms with E-state index in [0.717, 1.165) is 17.9 Å². The van der Waals surface area contributed by atoms with Gasteiger partial charge in [0.1, 0.15) is 5.75 Å². The number of carbonyl (C=O) groups is 1. The lowest BCUT2D eigenvalue weighted by Crippen LogP contribution is -2.12. The maximum absolute atomic E-state index is 12.1. The van der Waals surface area contributed by atoms with Crippen molar-refractivity contribution in [3.05, 3.63) is 54.1 Å². The highest BCUT2D eigenvalue weighted by Gasteiger charge is 2.06. The van der Waals surface area contributed by atoms with Gasteiger partial charge in [0.2, 0.25) is 0 Å². The maximum Gasteiger partial charge on any atom is 0.255 e. The van der Waals surface area contributed by atoms with E-state index in [1.54, 1.807) is 24.3 Å². The molecule has 0 aromatic heterocycles. The Morgan fingerprint density at radius 1 is 1.18 bits per heavy atom. The van der Waals surface area contributed by atoms with Gasteiger partial charge in [0.15, 0.2) is 0 Å². The zero-order valence-corrected chi connectivity index (χ0v) is 13.0. The zero-order valence-electron chi connectivity index (χ0n) is 13.0. The number of rotatable bonds is 6. The van der Waals surface area contributed by atoms with E-state index in [2.05, 4.69) is 19.2 Å². The van der Waals surface area contributed by atoms with E-state index in [1.807, 2.05) is 24.3 Å². The molecule has 0 radical (unpaired) electrons. The van der Waals surface area contributed by atoms with Gasteiger partial charge in [0.05, 0.1) is 6.61 Å². The van der Waals surface area contributed by atoms with Gasteiger partial charge in [-0.1, -0.05) is 19.9 Å². The van der Waals surface area contributed by atoms with Crippen LogP contribution in [0.1, 0.15) is 30.6 Å². The summed E-state index contributed by atoms with van der Waals surface area (Å²) in [6, 6.07) is 14.3. The summed E-state index contributed by atoms with van der Waals surface area (Å²) in [6.45, 7) is 5.03. The smallest absolute Gasteiger partial charge is 0.255 e. The highest BCUT2D eigenvalue weighted by molar-refractivity contribution is 6.04. The van der Waals surface area contributed by atoms with E-state index in [9.17, 15) is 4.79 Å². The number of carbonyl (C=O) groups excluding carboxylic acids is 1. The van der Waals surface area contributed by atoms with Crippen molar-refractivity contribution in [2.75, 3.05) is 17.7 Å². The number of benzene rings is 2. The molecule has 1 amide bonds. The minimum atomic E-state index is -0.180. The second-order valence-electron chi connectivity index (χ2n) is 5.63. The fraction of sp³-hybridized carbons (Fsp3) is 0.278. The Labute approximate surface area is 131 Å². The van der Waals surface area contributed by atoms with Crippen molar-refractivity contribution in [2.45, 2.75) is 20.3 Å². The number of hydrogen-bond donors (Lipinski definition) is 2. The minimum Gasteiger partial charge on any atom is -0.494 e. The Kier molecular flexibility index (Phi) is 5.42. The van der Waals surface area contributed by atoms with Gasteiger partial charge in [-0.2, -0.15) is 0 Å². The summed E-state index contributed by atoms with van der Waals surface area (Å²) in [5, 5.41) is 2.84. The molecule has 0 spiro atoms. The summed E-state index contributed by atoms with van der Waals surface area (Å²) in [6.07, 6.45) is 1.02. The SMILES string of the molecule is CC(C)CCOc1ccc(NC(=O)c2cccc(N)c2)cc1. The average Bonchev–Trinajstić information content (AvgIpc) is 2.48. The molecule has 0 bridgehead atoms. The van der Waals surface area contributed by atoms with Crippen LogP contribution in [-0.2, 0) is 0 Å². The van der Waals surface area contributed by atoms with Crippen molar-refractivity contribution >= 4 is 17.3 Å². The molecule has 116 valence electrons. The van der Waals surface area contributed by atoms with Gasteiger partial charge in [-0.25, -0.2) is 0 Å². The third kappa shape index (κ3) is 4.81. The van der Waals surface area contributed by atoms with Crippen LogP contribution in [0.25, 0.3) is 0 Å². The lowest BCUT2D eigenvalue weighted by molar-refractivity contribution is 0.102. The molecule has 0 aliphatic heterocycles. The van der Waals surface area contributed by atoms with Gasteiger partial charge < -0.3 is 15.8 Å². The van der Waals surface area contributed by atoms with Gasteiger partial charge in [-0.05, 0) is 54.8 Å². The van der Waals surface area contributed by atoms with E-state index in [-0.39, 0.29) is 5.91 Å². The van der Waals surface area contributed by atoms with Crippen molar-refractivity contribution in [1.82, 2.24) is 0 Å². The predicted molar refractivity (Wildman–Crippen MR) is 90.2 cm³/mol. The largest absolute Gasteiger partial charge is 0.494 e. The van der Waals surface area contributed by atoms with Crippen LogP contribution in [0.2, 0.25) is 0 Å². The third-order valence-corrected chi connectivity index (χ3v) is 3.22. The number of nitrogens with one attached hydrogen (secondary N) is 1. The fourth-order valence-corrected chi connectivity index (χ4v) is 1.93. The standard InChI is InChI=1S/C18H22N2O2/c1-13(2)10-11-22-17-8-6-16(7-9-17)20-18(21)14-4-3-5-15(19)12-14/h3-9,12-13H,10-11,19H2,1-2H3,(H,20,21). The Morgan fingerprint density at radius 3 is 2.55 bits per heavy atom. The molecule has 0 unspecified atom stereocenters. The van der Waals surface area contributed by atoms with Crippen molar-refractivity contribution in [3.8, 4) is 5.75 Å². The Hall–Kier alpha value is -2.49. The monoisotopic (exact) mass is 298 g/mol. The van der Waals surface area contributed by atoms with Crippen molar-refractivity contribution in [2.24, 2.45) is 5.92 Å². The fourth-order valence-electron chi connectivity index (χ4n) is 1.93. The summed E-state index contributed by atoms with van der Waals surface area (Å²) in [4.78, 5) is 12.1. The average molecular weight is 298 g/mol. The molecule has 0 aliphatic carbocycles. The first-order valence-corrected chi connectivity index (χ1v) is 7.44. The van der Waals surface area contributed by atoms with Crippen LogP contribution < -0.4 is 15.8 Å². The van der Waals surface area contributed by atoms with Crippen LogP contribution in [0.5, 0.6) is 5.75 Å². The normalized spacial score (nSPS) is 10.5. The highest BCUT2D eigenvalue weighted by Crippen LogP contribution is 2.17. The molecule has 4 nitrogen and oxygen atoms in total. The molecule has 0 atom stereocenters. The first-order chi connectivity index (χ1) is 10.5. The first kappa shape index (κ1) is 15.9. The van der Waals surface area contributed by atoms with Crippen LogP contribution in [-0.4, -0.2) is 12.5 Å². The molecule has 22 heavy (non-hydrogen) atoms. The summed E-state index contributed by atoms with van der Waals surface area (Å²) >= 11 is 0. The number of hydrogen-bond acceptors (Lipinski definition) is 3. The van der Waals surface area contributed by atoms with Crippen LogP contribution in [0.4, 0.5) is 11.4 Å². The molecule has 0 aliphatic rings. The Morgan fingerprint density at radius 2 is 1.91 bits per heavy atom. The summed E-state index contributed by atoms with van der Waals surface area (Å²) in [5.41, 5.74) is 7.52. The van der Waals surface area contributed by atoms with Gasteiger partial charge in [0.25, 0.3) is 5.91 Å². The molecule has 0 heterocycles. The number of amides is 1. The Bertz CT molecular complexity index is 621. The van der Waals surface area contributed by atoms with E-state index >= 15 is 0 Å².